The lowest BCUT2D eigenvalue weighted by molar-refractivity contribution is -0.0355. The van der Waals surface area contributed by atoms with Crippen LogP contribution in [0.1, 0.15) is 71.4 Å². The molecule has 2 aromatic heterocycles. The minimum absolute atomic E-state index is 0.145. The van der Waals surface area contributed by atoms with E-state index in [4.69, 9.17) is 4.74 Å². The summed E-state index contributed by atoms with van der Waals surface area (Å²) in [5.74, 6) is 1.80. The van der Waals surface area contributed by atoms with Crippen molar-refractivity contribution in [1.29, 1.82) is 0 Å². The Balaban J connectivity index is 1.16. The van der Waals surface area contributed by atoms with E-state index in [1.807, 2.05) is 13.8 Å². The number of anilines is 1. The summed E-state index contributed by atoms with van der Waals surface area (Å²) in [5, 5.41) is 20.2. The van der Waals surface area contributed by atoms with Crippen molar-refractivity contribution in [2.75, 3.05) is 31.1 Å². The first-order valence-corrected chi connectivity index (χ1v) is 15.5. The molecule has 2 N–H and O–H groups in total. The number of aromatic nitrogens is 5. The average Bonchev–Trinajstić information content (AvgIpc) is 3.71. The van der Waals surface area contributed by atoms with Crippen LogP contribution in [0.2, 0.25) is 0 Å². The summed E-state index contributed by atoms with van der Waals surface area (Å²) < 4.78 is 20.9. The van der Waals surface area contributed by atoms with E-state index in [0.717, 1.165) is 69.5 Å². The van der Waals surface area contributed by atoms with Crippen LogP contribution >= 0.6 is 0 Å². The molecule has 12 heteroatoms. The van der Waals surface area contributed by atoms with Crippen LogP contribution in [0.25, 0.3) is 11.1 Å². The summed E-state index contributed by atoms with van der Waals surface area (Å²) in [6.07, 6.45) is 8.54. The number of likely N-dealkylation sites (tertiary alicyclic amines) is 1. The zero-order valence-corrected chi connectivity index (χ0v) is 25.8. The Bertz CT molecular complexity index is 1510. The molecule has 44 heavy (non-hydrogen) atoms. The van der Waals surface area contributed by atoms with E-state index in [0.29, 0.717) is 35.0 Å². The van der Waals surface area contributed by atoms with Crippen molar-refractivity contribution >= 4 is 11.9 Å². The normalized spacial score (nSPS) is 18.8. The third-order valence-electron chi connectivity index (χ3n) is 9.28. The highest BCUT2D eigenvalue weighted by molar-refractivity contribution is 5.73. The van der Waals surface area contributed by atoms with Crippen molar-refractivity contribution < 1.29 is 19.0 Å². The summed E-state index contributed by atoms with van der Waals surface area (Å²) in [6, 6.07) is 4.83. The van der Waals surface area contributed by atoms with E-state index < -0.39 is 11.6 Å². The van der Waals surface area contributed by atoms with Crippen molar-refractivity contribution in [2.45, 2.75) is 77.3 Å². The molecule has 3 aromatic rings. The van der Waals surface area contributed by atoms with Gasteiger partial charge in [0.25, 0.3) is 5.88 Å². The Morgan fingerprint density at radius 3 is 2.70 bits per heavy atom. The van der Waals surface area contributed by atoms with Crippen molar-refractivity contribution in [3.63, 3.8) is 0 Å². The number of nitrogens with one attached hydrogen (secondary N) is 1. The minimum Gasteiger partial charge on any atom is -0.465 e. The molecule has 1 aromatic carbocycles. The molecule has 234 valence electrons. The highest BCUT2D eigenvalue weighted by Gasteiger charge is 2.50. The standard InChI is InChI=1S/C32H41FN8O3/c1-20(2)25(9-10-31(3,4)38-30(42)43)41-16-32(17-41)11-12-40(15-32)28-29(39-37-19-36-28)44-26-8-7-22(33)13-23(26)24-14-34-18-35-27(24)21-5-6-21/h7-8,13-14,18-21,25,38H,5-6,9-12,15-17H2,1-4H3,(H,42,43)/t25-/m0/s1. The van der Waals surface area contributed by atoms with Gasteiger partial charge in [0.2, 0.25) is 0 Å². The smallest absolute Gasteiger partial charge is 0.405 e. The van der Waals surface area contributed by atoms with E-state index in [1.165, 1.54) is 24.8 Å². The van der Waals surface area contributed by atoms with Crippen molar-refractivity contribution in [1.82, 2.24) is 35.4 Å². The molecule has 2 saturated heterocycles. The Morgan fingerprint density at radius 2 is 1.98 bits per heavy atom. The fourth-order valence-electron chi connectivity index (χ4n) is 6.90. The number of carboxylic acid groups (broad SMARTS) is 1. The lowest BCUT2D eigenvalue weighted by Crippen LogP contribution is -2.62. The van der Waals surface area contributed by atoms with Gasteiger partial charge in [0, 0.05) is 66.4 Å². The van der Waals surface area contributed by atoms with Crippen LogP contribution in [0.15, 0.2) is 37.1 Å². The summed E-state index contributed by atoms with van der Waals surface area (Å²) in [5.41, 5.74) is 1.92. The van der Waals surface area contributed by atoms with Crippen LogP contribution < -0.4 is 15.0 Å². The number of rotatable bonds is 11. The maximum Gasteiger partial charge on any atom is 0.405 e. The van der Waals surface area contributed by atoms with Crippen molar-refractivity contribution in [3.8, 4) is 22.8 Å². The van der Waals surface area contributed by atoms with Crippen molar-refractivity contribution in [2.24, 2.45) is 11.3 Å². The maximum atomic E-state index is 14.5. The number of nitrogens with zero attached hydrogens (tertiary/aromatic N) is 7. The minimum atomic E-state index is -0.986. The molecule has 0 radical (unpaired) electrons. The molecular formula is C32H41FN8O3. The topological polar surface area (TPSA) is 129 Å². The SMILES string of the molecule is CC(C)[C@H](CCC(C)(C)NC(=O)O)N1CC2(CCN(c3ncnnc3Oc3ccc(F)cc3-c3cncnc3C3CC3)C2)C1. The van der Waals surface area contributed by atoms with Gasteiger partial charge in [-0.2, -0.15) is 0 Å². The summed E-state index contributed by atoms with van der Waals surface area (Å²) in [4.78, 5) is 29.3. The first kappa shape index (κ1) is 30.1. The maximum absolute atomic E-state index is 14.5. The van der Waals surface area contributed by atoms with Crippen LogP contribution in [0, 0.1) is 17.2 Å². The molecule has 0 bridgehead atoms. The molecule has 3 fully saturated rings. The van der Waals surface area contributed by atoms with E-state index >= 15 is 0 Å². The van der Waals surface area contributed by atoms with E-state index in [-0.39, 0.29) is 17.1 Å². The van der Waals surface area contributed by atoms with Crippen LogP contribution in [-0.4, -0.2) is 79.0 Å². The Morgan fingerprint density at radius 1 is 1.18 bits per heavy atom. The summed E-state index contributed by atoms with van der Waals surface area (Å²) in [7, 11) is 0. The van der Waals surface area contributed by atoms with E-state index in [9.17, 15) is 14.3 Å². The molecular weight excluding hydrogens is 563 g/mol. The first-order chi connectivity index (χ1) is 21.0. The molecule has 11 nitrogen and oxygen atoms in total. The Labute approximate surface area is 257 Å². The van der Waals surface area contributed by atoms with Gasteiger partial charge in [-0.15, -0.1) is 10.2 Å². The van der Waals surface area contributed by atoms with Gasteiger partial charge in [-0.05, 0) is 70.1 Å². The number of benzene rings is 1. The largest absolute Gasteiger partial charge is 0.465 e. The number of hydrogen-bond donors (Lipinski definition) is 2. The number of carbonyl (C=O) groups is 1. The third-order valence-corrected chi connectivity index (χ3v) is 9.28. The molecule has 1 aliphatic carbocycles. The molecule has 3 aliphatic rings. The number of amides is 1. The lowest BCUT2D eigenvalue weighted by Gasteiger charge is -2.53. The van der Waals surface area contributed by atoms with Gasteiger partial charge >= 0.3 is 6.09 Å². The van der Waals surface area contributed by atoms with Gasteiger partial charge in [-0.25, -0.2) is 24.1 Å². The highest BCUT2D eigenvalue weighted by Crippen LogP contribution is 2.47. The van der Waals surface area contributed by atoms with E-state index in [2.05, 4.69) is 54.1 Å². The predicted octanol–water partition coefficient (Wildman–Crippen LogP) is 5.50. The summed E-state index contributed by atoms with van der Waals surface area (Å²) in [6.45, 7) is 12.0. The van der Waals surface area contributed by atoms with Gasteiger partial charge < -0.3 is 20.1 Å². The van der Waals surface area contributed by atoms with Gasteiger partial charge in [0.1, 0.15) is 24.2 Å². The summed E-state index contributed by atoms with van der Waals surface area (Å²) >= 11 is 0. The van der Waals surface area contributed by atoms with Gasteiger partial charge in [0.15, 0.2) is 5.82 Å². The van der Waals surface area contributed by atoms with Crippen LogP contribution in [0.5, 0.6) is 11.6 Å². The molecule has 1 spiro atoms. The first-order valence-electron chi connectivity index (χ1n) is 15.5. The quantitative estimate of drug-likeness (QED) is 0.289. The average molecular weight is 605 g/mol. The molecule has 2 aliphatic heterocycles. The van der Waals surface area contributed by atoms with Gasteiger partial charge in [-0.1, -0.05) is 13.8 Å². The number of hydrogen-bond acceptors (Lipinski definition) is 9. The second-order valence-electron chi connectivity index (χ2n) is 13.7. The molecule has 1 amide bonds. The monoisotopic (exact) mass is 604 g/mol. The van der Waals surface area contributed by atoms with Crippen LogP contribution in [0.3, 0.4) is 0 Å². The fourth-order valence-corrected chi connectivity index (χ4v) is 6.90. The molecule has 1 saturated carbocycles. The second-order valence-corrected chi connectivity index (χ2v) is 13.7. The Kier molecular flexibility index (Phi) is 8.12. The third kappa shape index (κ3) is 6.45. The van der Waals surface area contributed by atoms with Gasteiger partial charge in [-0.3, -0.25) is 4.90 Å². The molecule has 6 rings (SSSR count). The van der Waals surface area contributed by atoms with Crippen molar-refractivity contribution in [3.05, 3.63) is 48.6 Å². The molecule has 0 unspecified atom stereocenters. The van der Waals surface area contributed by atoms with Gasteiger partial charge in [0.05, 0.1) is 5.69 Å². The zero-order chi connectivity index (χ0) is 31.1. The number of ether oxygens (including phenoxy) is 1. The predicted molar refractivity (Wildman–Crippen MR) is 163 cm³/mol. The number of halogens is 1. The molecule has 1 atom stereocenters. The van der Waals surface area contributed by atoms with Crippen LogP contribution in [-0.2, 0) is 0 Å². The fraction of sp³-hybridized carbons (Fsp3) is 0.562. The highest BCUT2D eigenvalue weighted by atomic mass is 19.1. The Hall–Kier alpha value is -3.93. The zero-order valence-electron chi connectivity index (χ0n) is 25.8. The second kappa shape index (κ2) is 11.9. The van der Waals surface area contributed by atoms with Crippen LogP contribution in [0.4, 0.5) is 15.0 Å². The lowest BCUT2D eigenvalue weighted by atomic mass is 9.76. The molecule has 4 heterocycles. The van der Waals surface area contributed by atoms with E-state index in [1.54, 1.807) is 12.3 Å².